The summed E-state index contributed by atoms with van der Waals surface area (Å²) < 4.78 is 28.4. The Kier molecular flexibility index (Phi) is 6.64. The first kappa shape index (κ1) is 21.0. The van der Waals surface area contributed by atoms with E-state index in [1.54, 1.807) is 0 Å². The zero-order valence-electron chi connectivity index (χ0n) is 16.5. The molecule has 0 bridgehead atoms. The Labute approximate surface area is 172 Å². The van der Waals surface area contributed by atoms with Gasteiger partial charge in [-0.15, -0.1) is 10.2 Å². The van der Waals surface area contributed by atoms with Gasteiger partial charge in [0.1, 0.15) is 17.5 Å². The monoisotopic (exact) mass is 416 g/mol. The molecule has 152 valence electrons. The van der Waals surface area contributed by atoms with Crippen molar-refractivity contribution in [3.8, 4) is 5.69 Å². The number of nitrogens with zero attached hydrogens (tertiary/aromatic N) is 3. The molecular formula is C21H22F2N4OS. The lowest BCUT2D eigenvalue weighted by atomic mass is 10.1. The summed E-state index contributed by atoms with van der Waals surface area (Å²) in [7, 11) is 0. The molecular weight excluding hydrogens is 394 g/mol. The molecule has 0 aliphatic carbocycles. The van der Waals surface area contributed by atoms with Crippen LogP contribution in [0.1, 0.15) is 22.5 Å². The molecule has 1 aromatic heterocycles. The minimum Gasteiger partial charge on any atom is -0.355 e. The first-order chi connectivity index (χ1) is 13.8. The molecule has 1 heterocycles. The number of hydrogen-bond acceptors (Lipinski definition) is 4. The van der Waals surface area contributed by atoms with Gasteiger partial charge in [-0.25, -0.2) is 8.78 Å². The summed E-state index contributed by atoms with van der Waals surface area (Å²) in [6, 6.07) is 9.50. The van der Waals surface area contributed by atoms with Crippen molar-refractivity contribution in [2.45, 2.75) is 32.3 Å². The average molecular weight is 416 g/mol. The van der Waals surface area contributed by atoms with Gasteiger partial charge in [-0.3, -0.25) is 9.36 Å². The van der Waals surface area contributed by atoms with Crippen LogP contribution < -0.4 is 5.32 Å². The van der Waals surface area contributed by atoms with Crippen LogP contribution in [0.3, 0.4) is 0 Å². The van der Waals surface area contributed by atoms with Crippen molar-refractivity contribution in [3.63, 3.8) is 0 Å². The highest BCUT2D eigenvalue weighted by atomic mass is 32.2. The number of hydrogen-bond donors (Lipinski definition) is 1. The molecule has 0 radical (unpaired) electrons. The predicted molar refractivity (Wildman–Crippen MR) is 109 cm³/mol. The molecule has 0 aliphatic heterocycles. The molecule has 0 fully saturated rings. The van der Waals surface area contributed by atoms with Crippen molar-refractivity contribution in [1.82, 2.24) is 20.1 Å². The van der Waals surface area contributed by atoms with Crippen LogP contribution in [0.2, 0.25) is 0 Å². The van der Waals surface area contributed by atoms with Gasteiger partial charge < -0.3 is 5.32 Å². The highest BCUT2D eigenvalue weighted by Gasteiger charge is 2.15. The van der Waals surface area contributed by atoms with Crippen LogP contribution in [0.5, 0.6) is 0 Å². The van der Waals surface area contributed by atoms with E-state index >= 15 is 0 Å². The number of benzene rings is 2. The second-order valence-corrected chi connectivity index (χ2v) is 7.76. The van der Waals surface area contributed by atoms with Gasteiger partial charge in [0.15, 0.2) is 5.16 Å². The van der Waals surface area contributed by atoms with E-state index in [0.29, 0.717) is 23.7 Å². The molecule has 0 spiro atoms. The fourth-order valence-corrected chi connectivity index (χ4v) is 3.78. The van der Waals surface area contributed by atoms with E-state index in [-0.39, 0.29) is 11.7 Å². The third-order valence-corrected chi connectivity index (χ3v) is 5.32. The third-order valence-electron chi connectivity index (χ3n) is 4.39. The maximum atomic E-state index is 13.2. The highest BCUT2D eigenvalue weighted by molar-refractivity contribution is 7.99. The Morgan fingerprint density at radius 1 is 1.07 bits per heavy atom. The molecule has 29 heavy (non-hydrogen) atoms. The van der Waals surface area contributed by atoms with E-state index in [2.05, 4.69) is 21.6 Å². The van der Waals surface area contributed by atoms with E-state index in [9.17, 15) is 13.6 Å². The molecule has 0 unspecified atom stereocenters. The van der Waals surface area contributed by atoms with Crippen LogP contribution in [0.25, 0.3) is 5.69 Å². The van der Waals surface area contributed by atoms with Crippen molar-refractivity contribution in [3.05, 3.63) is 70.5 Å². The van der Waals surface area contributed by atoms with Crippen LogP contribution in [-0.2, 0) is 11.2 Å². The Hall–Kier alpha value is -2.74. The average Bonchev–Trinajstić information content (AvgIpc) is 3.01. The maximum Gasteiger partial charge on any atom is 0.230 e. The second-order valence-electron chi connectivity index (χ2n) is 6.82. The molecule has 1 amide bonds. The van der Waals surface area contributed by atoms with Crippen molar-refractivity contribution in [2.24, 2.45) is 0 Å². The van der Waals surface area contributed by atoms with Crippen LogP contribution in [-0.4, -0.2) is 33.0 Å². The SMILES string of the molecule is Cc1ccc(C)c(-n2c(C)nnc2SCC(=O)NCCc2cc(F)cc(F)c2)c1. The first-order valence-corrected chi connectivity index (χ1v) is 10.2. The number of aromatic nitrogens is 3. The van der Waals surface area contributed by atoms with E-state index in [1.165, 1.54) is 23.9 Å². The molecule has 3 rings (SSSR count). The number of carbonyl (C=O) groups is 1. The van der Waals surface area contributed by atoms with E-state index < -0.39 is 11.6 Å². The summed E-state index contributed by atoms with van der Waals surface area (Å²) in [5, 5.41) is 11.7. The van der Waals surface area contributed by atoms with E-state index in [4.69, 9.17) is 0 Å². The number of rotatable bonds is 7. The fourth-order valence-electron chi connectivity index (χ4n) is 2.96. The standard InChI is InChI=1S/C21H22F2N4OS/c1-13-4-5-14(2)19(8-13)27-15(3)25-26-21(27)29-12-20(28)24-7-6-16-9-17(22)11-18(23)10-16/h4-5,8-11H,6-7,12H2,1-3H3,(H,24,28). The van der Waals surface area contributed by atoms with Crippen LogP contribution in [0, 0.1) is 32.4 Å². The molecule has 1 N–H and O–H groups in total. The van der Waals surface area contributed by atoms with Crippen molar-refractivity contribution < 1.29 is 13.6 Å². The Bertz CT molecular complexity index is 1020. The van der Waals surface area contributed by atoms with Gasteiger partial charge in [0, 0.05) is 12.6 Å². The molecule has 3 aromatic rings. The minimum absolute atomic E-state index is 0.167. The van der Waals surface area contributed by atoms with Gasteiger partial charge in [0.05, 0.1) is 11.4 Å². The fraction of sp³-hybridized carbons (Fsp3) is 0.286. The molecule has 0 saturated carbocycles. The number of thioether (sulfide) groups is 1. The van der Waals surface area contributed by atoms with Crippen molar-refractivity contribution >= 4 is 17.7 Å². The zero-order valence-corrected chi connectivity index (χ0v) is 17.3. The minimum atomic E-state index is -0.622. The smallest absolute Gasteiger partial charge is 0.230 e. The first-order valence-electron chi connectivity index (χ1n) is 9.17. The van der Waals surface area contributed by atoms with Gasteiger partial charge in [0.2, 0.25) is 5.91 Å². The highest BCUT2D eigenvalue weighted by Crippen LogP contribution is 2.24. The Morgan fingerprint density at radius 2 is 1.79 bits per heavy atom. The van der Waals surface area contributed by atoms with Crippen LogP contribution in [0.4, 0.5) is 8.78 Å². The van der Waals surface area contributed by atoms with Gasteiger partial charge >= 0.3 is 0 Å². The summed E-state index contributed by atoms with van der Waals surface area (Å²) in [5.41, 5.74) is 3.71. The molecule has 0 atom stereocenters. The Morgan fingerprint density at radius 3 is 2.52 bits per heavy atom. The summed E-state index contributed by atoms with van der Waals surface area (Å²) in [5.74, 6) is -0.513. The largest absolute Gasteiger partial charge is 0.355 e. The topological polar surface area (TPSA) is 59.8 Å². The van der Waals surface area contributed by atoms with Crippen LogP contribution >= 0.6 is 11.8 Å². The Balaban J connectivity index is 1.59. The summed E-state index contributed by atoms with van der Waals surface area (Å²) >= 11 is 1.29. The van der Waals surface area contributed by atoms with Crippen molar-refractivity contribution in [2.75, 3.05) is 12.3 Å². The zero-order chi connectivity index (χ0) is 21.0. The van der Waals surface area contributed by atoms with Gasteiger partial charge in [-0.2, -0.15) is 0 Å². The number of halogens is 2. The molecule has 8 heteroatoms. The summed E-state index contributed by atoms with van der Waals surface area (Å²) in [6.45, 7) is 6.21. The summed E-state index contributed by atoms with van der Waals surface area (Å²) in [4.78, 5) is 12.2. The predicted octanol–water partition coefficient (Wildman–Crippen LogP) is 3.92. The second kappa shape index (κ2) is 9.17. The molecule has 2 aromatic carbocycles. The third kappa shape index (κ3) is 5.41. The molecule has 5 nitrogen and oxygen atoms in total. The number of amides is 1. The lowest BCUT2D eigenvalue weighted by Crippen LogP contribution is -2.27. The van der Waals surface area contributed by atoms with E-state index in [1.807, 2.05) is 37.5 Å². The van der Waals surface area contributed by atoms with Crippen LogP contribution in [0.15, 0.2) is 41.6 Å². The molecule has 0 saturated heterocycles. The van der Waals surface area contributed by atoms with Gasteiger partial charge in [-0.1, -0.05) is 23.9 Å². The quantitative estimate of drug-likeness (QED) is 0.593. The number of nitrogens with one attached hydrogen (secondary N) is 1. The van der Waals surface area contributed by atoms with Gasteiger partial charge in [-0.05, 0) is 62.1 Å². The maximum absolute atomic E-state index is 13.2. The lowest BCUT2D eigenvalue weighted by molar-refractivity contribution is -0.118. The van der Waals surface area contributed by atoms with E-state index in [0.717, 1.165) is 28.7 Å². The van der Waals surface area contributed by atoms with Crippen molar-refractivity contribution in [1.29, 1.82) is 0 Å². The lowest BCUT2D eigenvalue weighted by Gasteiger charge is -2.12. The normalized spacial score (nSPS) is 10.9. The number of carbonyl (C=O) groups excluding carboxylic acids is 1. The van der Waals surface area contributed by atoms with Gasteiger partial charge in [0.25, 0.3) is 0 Å². The number of aryl methyl sites for hydroxylation is 3. The summed E-state index contributed by atoms with van der Waals surface area (Å²) in [6.07, 6.45) is 0.350. The molecule has 0 aliphatic rings.